The van der Waals surface area contributed by atoms with E-state index >= 15 is 0 Å². The van der Waals surface area contributed by atoms with E-state index in [9.17, 15) is 4.79 Å². The Hall–Kier alpha value is -2.93. The average Bonchev–Trinajstić information content (AvgIpc) is 3.25. The molecule has 4 heteroatoms. The highest BCUT2D eigenvalue weighted by Gasteiger charge is 2.37. The molecule has 2 saturated carbocycles. The van der Waals surface area contributed by atoms with Gasteiger partial charge in [0.05, 0.1) is 18.6 Å². The van der Waals surface area contributed by atoms with Gasteiger partial charge in [-0.1, -0.05) is 24.0 Å². The van der Waals surface area contributed by atoms with Crippen LogP contribution in [-0.2, 0) is 10.2 Å². The molecule has 4 nitrogen and oxygen atoms in total. The summed E-state index contributed by atoms with van der Waals surface area (Å²) in [6.07, 6.45) is 7.54. The molecule has 30 heavy (non-hydrogen) atoms. The summed E-state index contributed by atoms with van der Waals surface area (Å²) in [5, 5.41) is 0. The van der Waals surface area contributed by atoms with E-state index in [-0.39, 0.29) is 11.9 Å². The van der Waals surface area contributed by atoms with E-state index in [4.69, 9.17) is 15.2 Å². The Morgan fingerprint density at radius 3 is 2.63 bits per heavy atom. The molecule has 4 rings (SSSR count). The van der Waals surface area contributed by atoms with Crippen LogP contribution in [0.2, 0.25) is 0 Å². The minimum atomic E-state index is -0.514. The maximum atomic E-state index is 12.5. The fourth-order valence-corrected chi connectivity index (χ4v) is 4.59. The summed E-state index contributed by atoms with van der Waals surface area (Å²) in [4.78, 5) is 12.5. The Morgan fingerprint density at radius 2 is 1.90 bits per heavy atom. The Labute approximate surface area is 178 Å². The summed E-state index contributed by atoms with van der Waals surface area (Å²) < 4.78 is 11.9. The van der Waals surface area contributed by atoms with Crippen molar-refractivity contribution < 1.29 is 14.3 Å². The predicted molar refractivity (Wildman–Crippen MR) is 119 cm³/mol. The van der Waals surface area contributed by atoms with Gasteiger partial charge >= 0.3 is 0 Å². The number of Topliss-reactive ketones (excluding diaryl/α,β-unsaturated/α-hetero) is 1. The molecular formula is C26H29NO3. The molecule has 0 amide bonds. The van der Waals surface area contributed by atoms with Crippen LogP contribution in [0, 0.1) is 11.8 Å². The summed E-state index contributed by atoms with van der Waals surface area (Å²) in [5.41, 5.74) is 7.98. The number of rotatable bonds is 4. The standard InChI is InChI=1S/C26H29NO3/c1-29-24-12-11-20(17-25(24)30-23-9-2-3-10-23)26(14-5-8-22(28)18-26)15-13-19-6-4-7-21(27)16-19/h4,6-7,11-12,16-17,23H,2-3,5,8-10,14,18,27H2,1H3. The minimum Gasteiger partial charge on any atom is -0.493 e. The number of nitrogens with two attached hydrogens (primary N) is 1. The van der Waals surface area contributed by atoms with Gasteiger partial charge in [-0.3, -0.25) is 4.79 Å². The third-order valence-electron chi connectivity index (χ3n) is 6.20. The molecule has 1 atom stereocenters. The molecule has 2 aromatic rings. The number of hydrogen-bond acceptors (Lipinski definition) is 4. The lowest BCUT2D eigenvalue weighted by molar-refractivity contribution is -0.121. The van der Waals surface area contributed by atoms with Crippen molar-refractivity contribution in [1.29, 1.82) is 0 Å². The zero-order valence-electron chi connectivity index (χ0n) is 17.6. The van der Waals surface area contributed by atoms with Gasteiger partial charge in [-0.05, 0) is 74.4 Å². The van der Waals surface area contributed by atoms with Crippen LogP contribution >= 0.6 is 0 Å². The zero-order chi connectivity index (χ0) is 21.0. The fraction of sp³-hybridized carbons (Fsp3) is 0.423. The largest absolute Gasteiger partial charge is 0.493 e. The van der Waals surface area contributed by atoms with Crippen LogP contribution < -0.4 is 15.2 Å². The van der Waals surface area contributed by atoms with Crippen LogP contribution in [0.25, 0.3) is 0 Å². The number of nitrogen functional groups attached to an aromatic ring is 1. The van der Waals surface area contributed by atoms with Crippen molar-refractivity contribution in [1.82, 2.24) is 0 Å². The number of carbonyl (C=O) groups is 1. The Kier molecular flexibility index (Phi) is 5.99. The molecule has 1 unspecified atom stereocenters. The van der Waals surface area contributed by atoms with E-state index in [1.807, 2.05) is 42.5 Å². The lowest BCUT2D eigenvalue weighted by Crippen LogP contribution is -2.32. The van der Waals surface area contributed by atoms with E-state index in [0.717, 1.165) is 48.3 Å². The first-order valence-electron chi connectivity index (χ1n) is 10.8. The first kappa shape index (κ1) is 20.3. The average molecular weight is 404 g/mol. The summed E-state index contributed by atoms with van der Waals surface area (Å²) in [6.45, 7) is 0. The van der Waals surface area contributed by atoms with Crippen molar-refractivity contribution in [2.75, 3.05) is 12.8 Å². The second-order valence-electron chi connectivity index (χ2n) is 8.42. The van der Waals surface area contributed by atoms with E-state index in [0.29, 0.717) is 18.5 Å². The van der Waals surface area contributed by atoms with Crippen molar-refractivity contribution >= 4 is 11.5 Å². The second-order valence-corrected chi connectivity index (χ2v) is 8.42. The third kappa shape index (κ3) is 4.46. The van der Waals surface area contributed by atoms with Gasteiger partial charge in [0.2, 0.25) is 0 Å². The number of ether oxygens (including phenoxy) is 2. The van der Waals surface area contributed by atoms with Crippen LogP contribution in [-0.4, -0.2) is 19.0 Å². The highest BCUT2D eigenvalue weighted by molar-refractivity contribution is 5.82. The number of benzene rings is 2. The fourth-order valence-electron chi connectivity index (χ4n) is 4.59. The van der Waals surface area contributed by atoms with Gasteiger partial charge in [-0.25, -0.2) is 0 Å². The van der Waals surface area contributed by atoms with Gasteiger partial charge in [-0.15, -0.1) is 0 Å². The number of ketones is 1. The molecule has 2 aliphatic rings. The molecule has 156 valence electrons. The van der Waals surface area contributed by atoms with Crippen molar-refractivity contribution in [3.8, 4) is 23.3 Å². The number of carbonyl (C=O) groups excluding carboxylic acids is 1. The van der Waals surface area contributed by atoms with Gasteiger partial charge < -0.3 is 15.2 Å². The van der Waals surface area contributed by atoms with Crippen LogP contribution in [0.3, 0.4) is 0 Å². The molecular weight excluding hydrogens is 374 g/mol. The molecule has 0 heterocycles. The normalized spacial score (nSPS) is 21.7. The third-order valence-corrected chi connectivity index (χ3v) is 6.20. The highest BCUT2D eigenvalue weighted by atomic mass is 16.5. The van der Waals surface area contributed by atoms with Gasteiger partial charge in [0.15, 0.2) is 11.5 Å². The van der Waals surface area contributed by atoms with Crippen molar-refractivity contribution in [3.05, 3.63) is 53.6 Å². The van der Waals surface area contributed by atoms with Crippen molar-refractivity contribution in [3.63, 3.8) is 0 Å². The molecule has 2 aliphatic carbocycles. The summed E-state index contributed by atoms with van der Waals surface area (Å²) in [7, 11) is 1.66. The van der Waals surface area contributed by atoms with Gasteiger partial charge in [0.1, 0.15) is 5.78 Å². The van der Waals surface area contributed by atoms with Crippen molar-refractivity contribution in [2.24, 2.45) is 0 Å². The predicted octanol–water partition coefficient (Wildman–Crippen LogP) is 5.03. The maximum Gasteiger partial charge on any atom is 0.161 e. The van der Waals surface area contributed by atoms with Crippen LogP contribution in [0.15, 0.2) is 42.5 Å². The quantitative estimate of drug-likeness (QED) is 0.574. The van der Waals surface area contributed by atoms with Gasteiger partial charge in [0, 0.05) is 24.1 Å². The number of methoxy groups -OCH3 is 1. The van der Waals surface area contributed by atoms with Crippen LogP contribution in [0.1, 0.15) is 62.5 Å². The molecule has 0 bridgehead atoms. The highest BCUT2D eigenvalue weighted by Crippen LogP contribution is 2.42. The summed E-state index contributed by atoms with van der Waals surface area (Å²) in [5.74, 6) is 8.49. The van der Waals surface area contributed by atoms with E-state index in [1.54, 1.807) is 7.11 Å². The first-order chi connectivity index (χ1) is 14.6. The minimum absolute atomic E-state index is 0.233. The molecule has 2 N–H and O–H groups in total. The molecule has 2 aromatic carbocycles. The van der Waals surface area contributed by atoms with Crippen molar-refractivity contribution in [2.45, 2.75) is 62.9 Å². The van der Waals surface area contributed by atoms with Crippen LogP contribution in [0.5, 0.6) is 11.5 Å². The second kappa shape index (κ2) is 8.83. The number of hydrogen-bond donors (Lipinski definition) is 1. The van der Waals surface area contributed by atoms with Gasteiger partial charge in [0.25, 0.3) is 0 Å². The van der Waals surface area contributed by atoms with Crippen LogP contribution in [0.4, 0.5) is 5.69 Å². The van der Waals surface area contributed by atoms with E-state index < -0.39 is 5.41 Å². The van der Waals surface area contributed by atoms with E-state index in [1.165, 1.54) is 12.8 Å². The SMILES string of the molecule is COc1ccc(C2(C#Cc3cccc(N)c3)CCCC(=O)C2)cc1OC1CCCC1. The molecule has 0 spiro atoms. The smallest absolute Gasteiger partial charge is 0.161 e. The Bertz CT molecular complexity index is 981. The maximum absolute atomic E-state index is 12.5. The Balaban J connectivity index is 1.73. The molecule has 2 fully saturated rings. The molecule has 0 aromatic heterocycles. The number of anilines is 1. The first-order valence-corrected chi connectivity index (χ1v) is 10.8. The molecule has 0 saturated heterocycles. The summed E-state index contributed by atoms with van der Waals surface area (Å²) >= 11 is 0. The molecule has 0 aliphatic heterocycles. The summed E-state index contributed by atoms with van der Waals surface area (Å²) in [6, 6.07) is 13.6. The zero-order valence-corrected chi connectivity index (χ0v) is 17.6. The van der Waals surface area contributed by atoms with Gasteiger partial charge in [-0.2, -0.15) is 0 Å². The lowest BCUT2D eigenvalue weighted by Gasteiger charge is -2.33. The molecule has 0 radical (unpaired) electrons. The lowest BCUT2D eigenvalue weighted by atomic mass is 9.69. The topological polar surface area (TPSA) is 61.5 Å². The van der Waals surface area contributed by atoms with E-state index in [2.05, 4.69) is 11.8 Å². The monoisotopic (exact) mass is 403 g/mol. The Morgan fingerprint density at radius 1 is 1.07 bits per heavy atom.